The lowest BCUT2D eigenvalue weighted by Gasteiger charge is -2.42. The topological polar surface area (TPSA) is 70.7 Å². The van der Waals surface area contributed by atoms with Crippen LogP contribution in [0, 0.1) is 0 Å². The minimum atomic E-state index is -0.575. The lowest BCUT2D eigenvalue weighted by Crippen LogP contribution is -2.58. The molecule has 6 heteroatoms. The minimum absolute atomic E-state index is 0.135. The van der Waals surface area contributed by atoms with Gasteiger partial charge in [0.1, 0.15) is 11.6 Å². The first-order valence-electron chi connectivity index (χ1n) is 9.01. The Hall–Kier alpha value is -1.30. The number of nitrogens with zero attached hydrogens (tertiary/aromatic N) is 1. The molecule has 0 saturated carbocycles. The van der Waals surface area contributed by atoms with E-state index in [0.29, 0.717) is 12.5 Å². The molecule has 2 amide bonds. The molecule has 0 spiro atoms. The number of carbonyl (C=O) groups excluding carboxylic acids is 2. The van der Waals surface area contributed by atoms with Gasteiger partial charge < -0.3 is 20.3 Å². The van der Waals surface area contributed by atoms with E-state index < -0.39 is 17.7 Å². The number of piperidine rings is 1. The largest absolute Gasteiger partial charge is 0.444 e. The van der Waals surface area contributed by atoms with Gasteiger partial charge >= 0.3 is 6.09 Å². The van der Waals surface area contributed by atoms with Gasteiger partial charge in [0.05, 0.1) is 0 Å². The Morgan fingerprint density at radius 1 is 1.21 bits per heavy atom. The van der Waals surface area contributed by atoms with Crippen LogP contribution < -0.4 is 10.6 Å². The highest BCUT2D eigenvalue weighted by Crippen LogP contribution is 2.23. The van der Waals surface area contributed by atoms with Crippen molar-refractivity contribution in [3.8, 4) is 0 Å². The van der Waals surface area contributed by atoms with Gasteiger partial charge in [-0.3, -0.25) is 4.79 Å². The standard InChI is InChI=1S/C18H35N3O3/c1-8-14(19-16(23)24-17(4,5)6)15(22)20-18(7)9-11-21(12-10-18)13(2)3/h13-14H,8-12H2,1-7H3,(H,19,23)(H,20,22). The van der Waals surface area contributed by atoms with E-state index in [2.05, 4.69) is 36.3 Å². The van der Waals surface area contributed by atoms with Crippen LogP contribution >= 0.6 is 0 Å². The molecule has 0 aromatic carbocycles. The highest BCUT2D eigenvalue weighted by molar-refractivity contribution is 5.86. The molecule has 1 unspecified atom stereocenters. The maximum Gasteiger partial charge on any atom is 0.408 e. The summed E-state index contributed by atoms with van der Waals surface area (Å²) in [7, 11) is 0. The Balaban J connectivity index is 2.56. The van der Waals surface area contributed by atoms with Crippen molar-refractivity contribution in [3.05, 3.63) is 0 Å². The van der Waals surface area contributed by atoms with Crippen LogP contribution in [0.15, 0.2) is 0 Å². The van der Waals surface area contributed by atoms with E-state index in [-0.39, 0.29) is 11.4 Å². The fourth-order valence-corrected chi connectivity index (χ4v) is 2.85. The van der Waals surface area contributed by atoms with Crippen molar-refractivity contribution in [2.24, 2.45) is 0 Å². The first-order chi connectivity index (χ1) is 11.0. The van der Waals surface area contributed by atoms with Crippen LogP contribution in [0.1, 0.15) is 67.7 Å². The first-order valence-corrected chi connectivity index (χ1v) is 9.01. The molecule has 0 aromatic rings. The van der Waals surface area contributed by atoms with Gasteiger partial charge in [-0.25, -0.2) is 4.79 Å². The number of hydrogen-bond acceptors (Lipinski definition) is 4. The number of ether oxygens (including phenoxy) is 1. The maximum atomic E-state index is 12.6. The SMILES string of the molecule is CCC(NC(=O)OC(C)(C)C)C(=O)NC1(C)CCN(C(C)C)CC1. The molecule has 1 atom stereocenters. The van der Waals surface area contributed by atoms with Gasteiger partial charge in [0.25, 0.3) is 0 Å². The average molecular weight is 341 g/mol. The van der Waals surface area contributed by atoms with Crippen LogP contribution in [0.2, 0.25) is 0 Å². The minimum Gasteiger partial charge on any atom is -0.444 e. The summed E-state index contributed by atoms with van der Waals surface area (Å²) < 4.78 is 5.24. The molecule has 1 saturated heterocycles. The Morgan fingerprint density at radius 3 is 2.17 bits per heavy atom. The highest BCUT2D eigenvalue weighted by Gasteiger charge is 2.34. The van der Waals surface area contributed by atoms with Crippen LogP contribution in [0.25, 0.3) is 0 Å². The average Bonchev–Trinajstić information content (AvgIpc) is 2.42. The zero-order valence-electron chi connectivity index (χ0n) is 16.4. The Morgan fingerprint density at radius 2 is 1.75 bits per heavy atom. The van der Waals surface area contributed by atoms with Gasteiger partial charge in [0, 0.05) is 24.7 Å². The van der Waals surface area contributed by atoms with Crippen molar-refractivity contribution >= 4 is 12.0 Å². The van der Waals surface area contributed by atoms with Gasteiger partial charge in [-0.1, -0.05) is 6.92 Å². The molecule has 6 nitrogen and oxygen atoms in total. The monoisotopic (exact) mass is 341 g/mol. The number of amides is 2. The Bertz CT molecular complexity index is 435. The lowest BCUT2D eigenvalue weighted by molar-refractivity contribution is -0.125. The van der Waals surface area contributed by atoms with E-state index in [4.69, 9.17) is 4.74 Å². The van der Waals surface area contributed by atoms with Gasteiger partial charge in [-0.05, 0) is 60.8 Å². The summed E-state index contributed by atoms with van der Waals surface area (Å²) in [4.78, 5) is 26.9. The summed E-state index contributed by atoms with van der Waals surface area (Å²) in [5, 5.41) is 5.81. The molecule has 2 N–H and O–H groups in total. The highest BCUT2D eigenvalue weighted by atomic mass is 16.6. The first kappa shape index (κ1) is 20.7. The van der Waals surface area contributed by atoms with E-state index >= 15 is 0 Å². The quantitative estimate of drug-likeness (QED) is 0.806. The summed E-state index contributed by atoms with van der Waals surface area (Å²) in [6, 6.07) is -0.0396. The smallest absolute Gasteiger partial charge is 0.408 e. The summed E-state index contributed by atoms with van der Waals surface area (Å²) in [5.41, 5.74) is -0.792. The van der Waals surface area contributed by atoms with E-state index in [1.807, 2.05) is 6.92 Å². The van der Waals surface area contributed by atoms with Gasteiger partial charge in [-0.2, -0.15) is 0 Å². The van der Waals surface area contributed by atoms with E-state index in [0.717, 1.165) is 25.9 Å². The molecule has 140 valence electrons. The van der Waals surface area contributed by atoms with Crippen LogP contribution in [0.3, 0.4) is 0 Å². The van der Waals surface area contributed by atoms with Crippen molar-refractivity contribution in [3.63, 3.8) is 0 Å². The van der Waals surface area contributed by atoms with E-state index in [1.165, 1.54) is 0 Å². The van der Waals surface area contributed by atoms with Crippen molar-refractivity contribution in [1.29, 1.82) is 0 Å². The fourth-order valence-electron chi connectivity index (χ4n) is 2.85. The third kappa shape index (κ3) is 6.67. The molecular weight excluding hydrogens is 306 g/mol. The van der Waals surface area contributed by atoms with E-state index in [1.54, 1.807) is 20.8 Å². The number of hydrogen-bond donors (Lipinski definition) is 2. The second kappa shape index (κ2) is 8.19. The third-order valence-electron chi connectivity index (χ3n) is 4.47. The van der Waals surface area contributed by atoms with Crippen LogP contribution in [0.4, 0.5) is 4.79 Å². The molecule has 1 fully saturated rings. The normalized spacial score (nSPS) is 19.7. The van der Waals surface area contributed by atoms with Crippen molar-refractivity contribution in [2.45, 2.75) is 91.0 Å². The van der Waals surface area contributed by atoms with E-state index in [9.17, 15) is 9.59 Å². The molecule has 24 heavy (non-hydrogen) atoms. The maximum absolute atomic E-state index is 12.6. The summed E-state index contributed by atoms with van der Waals surface area (Å²) in [5.74, 6) is -0.135. The lowest BCUT2D eigenvalue weighted by atomic mass is 9.88. The van der Waals surface area contributed by atoms with Crippen molar-refractivity contribution in [1.82, 2.24) is 15.5 Å². The number of likely N-dealkylation sites (tertiary alicyclic amines) is 1. The third-order valence-corrected chi connectivity index (χ3v) is 4.47. The molecule has 1 rings (SSSR count). The summed E-state index contributed by atoms with van der Waals surface area (Å²) in [6.07, 6.45) is 1.81. The van der Waals surface area contributed by atoms with Gasteiger partial charge in [-0.15, -0.1) is 0 Å². The molecule has 1 aliphatic heterocycles. The molecule has 0 radical (unpaired) electrons. The van der Waals surface area contributed by atoms with Crippen LogP contribution in [-0.2, 0) is 9.53 Å². The zero-order valence-corrected chi connectivity index (χ0v) is 16.4. The Kier molecular flexibility index (Phi) is 7.08. The second-order valence-electron chi connectivity index (χ2n) is 8.29. The zero-order chi connectivity index (χ0) is 18.5. The van der Waals surface area contributed by atoms with Crippen molar-refractivity contribution in [2.75, 3.05) is 13.1 Å². The molecule has 0 bridgehead atoms. The number of nitrogens with one attached hydrogen (secondary N) is 2. The van der Waals surface area contributed by atoms with Gasteiger partial charge in [0.2, 0.25) is 5.91 Å². The Labute approximate surface area is 146 Å². The fraction of sp³-hybridized carbons (Fsp3) is 0.889. The predicted octanol–water partition coefficient (Wildman–Crippen LogP) is 2.67. The van der Waals surface area contributed by atoms with Crippen LogP contribution in [0.5, 0.6) is 0 Å². The summed E-state index contributed by atoms with van der Waals surface area (Å²) >= 11 is 0. The summed E-state index contributed by atoms with van der Waals surface area (Å²) in [6.45, 7) is 15.7. The molecule has 1 heterocycles. The predicted molar refractivity (Wildman–Crippen MR) is 95.9 cm³/mol. The van der Waals surface area contributed by atoms with Crippen molar-refractivity contribution < 1.29 is 14.3 Å². The molecule has 0 aliphatic carbocycles. The molecule has 1 aliphatic rings. The number of carbonyl (C=O) groups is 2. The van der Waals surface area contributed by atoms with Gasteiger partial charge in [0.15, 0.2) is 0 Å². The van der Waals surface area contributed by atoms with Crippen LogP contribution in [-0.4, -0.2) is 53.2 Å². The number of alkyl carbamates (subject to hydrolysis) is 1. The molecule has 0 aromatic heterocycles. The second-order valence-corrected chi connectivity index (χ2v) is 8.29. The number of rotatable bonds is 5. The molecular formula is C18H35N3O3.